The van der Waals surface area contributed by atoms with Gasteiger partial charge in [0, 0.05) is 41.4 Å². The summed E-state index contributed by atoms with van der Waals surface area (Å²) in [6.07, 6.45) is 0.790. The van der Waals surface area contributed by atoms with Crippen LogP contribution in [0, 0.1) is 16.0 Å². The second kappa shape index (κ2) is 11.1. The van der Waals surface area contributed by atoms with Gasteiger partial charge in [0.25, 0.3) is 5.69 Å². The van der Waals surface area contributed by atoms with Crippen LogP contribution in [0.4, 0.5) is 5.69 Å². The van der Waals surface area contributed by atoms with E-state index in [4.69, 9.17) is 14.2 Å². The van der Waals surface area contributed by atoms with Gasteiger partial charge in [-0.3, -0.25) is 14.9 Å². The van der Waals surface area contributed by atoms with Crippen LogP contribution in [0.5, 0.6) is 11.5 Å². The Hall–Kier alpha value is -4.14. The summed E-state index contributed by atoms with van der Waals surface area (Å²) in [5, 5.41) is 14.6. The van der Waals surface area contributed by atoms with Gasteiger partial charge in [0.2, 0.25) is 0 Å². The molecule has 0 radical (unpaired) electrons. The van der Waals surface area contributed by atoms with Gasteiger partial charge in [-0.2, -0.15) is 0 Å². The Balaban J connectivity index is 1.76. The molecule has 200 valence electrons. The first-order valence-electron chi connectivity index (χ1n) is 12.5. The minimum atomic E-state index is -0.689. The molecule has 0 unspecified atom stereocenters. The van der Waals surface area contributed by atoms with Crippen LogP contribution in [-0.2, 0) is 14.3 Å². The van der Waals surface area contributed by atoms with E-state index in [1.54, 1.807) is 33.3 Å². The number of methoxy groups -OCH3 is 2. The van der Waals surface area contributed by atoms with Crippen LogP contribution in [-0.4, -0.2) is 37.5 Å². The molecule has 2 aromatic rings. The van der Waals surface area contributed by atoms with Gasteiger partial charge in [0.1, 0.15) is 0 Å². The summed E-state index contributed by atoms with van der Waals surface area (Å²) in [7, 11) is 3.14. The van der Waals surface area contributed by atoms with Crippen molar-refractivity contribution in [3.8, 4) is 11.5 Å². The summed E-state index contributed by atoms with van der Waals surface area (Å²) in [5.41, 5.74) is 3.68. The Morgan fingerprint density at radius 3 is 2.32 bits per heavy atom. The Morgan fingerprint density at radius 1 is 1.05 bits per heavy atom. The molecule has 0 spiro atoms. The number of esters is 1. The topological polar surface area (TPSA) is 117 Å². The number of allylic oxidation sites excluding steroid dienone is 3. The van der Waals surface area contributed by atoms with Crippen molar-refractivity contribution in [1.29, 1.82) is 0 Å². The smallest absolute Gasteiger partial charge is 0.336 e. The summed E-state index contributed by atoms with van der Waals surface area (Å²) >= 11 is 0. The normalized spacial score (nSPS) is 19.2. The monoisotopic (exact) mass is 520 g/mol. The molecule has 1 aliphatic carbocycles. The number of benzene rings is 2. The minimum absolute atomic E-state index is 0.0648. The number of carbonyl (C=O) groups is 2. The molecule has 2 aliphatic rings. The highest BCUT2D eigenvalue weighted by molar-refractivity contribution is 6.04. The number of rotatable bonds is 8. The fourth-order valence-corrected chi connectivity index (χ4v) is 5.09. The van der Waals surface area contributed by atoms with Gasteiger partial charge in [0.15, 0.2) is 17.3 Å². The molecule has 38 heavy (non-hydrogen) atoms. The molecule has 2 aromatic carbocycles. The van der Waals surface area contributed by atoms with Crippen molar-refractivity contribution < 1.29 is 28.7 Å². The lowest BCUT2D eigenvalue weighted by Crippen LogP contribution is -2.36. The Morgan fingerprint density at radius 2 is 1.71 bits per heavy atom. The van der Waals surface area contributed by atoms with Crippen molar-refractivity contribution in [2.45, 2.75) is 45.4 Å². The zero-order valence-corrected chi connectivity index (χ0v) is 22.2. The van der Waals surface area contributed by atoms with Crippen LogP contribution >= 0.6 is 0 Å². The average Bonchev–Trinajstić information content (AvgIpc) is 2.90. The number of hydrogen-bond acceptors (Lipinski definition) is 8. The number of nitro benzene ring substituents is 1. The number of nitro groups is 1. The van der Waals surface area contributed by atoms with Gasteiger partial charge in [-0.1, -0.05) is 32.0 Å². The fourth-order valence-electron chi connectivity index (χ4n) is 5.09. The van der Waals surface area contributed by atoms with Crippen LogP contribution < -0.4 is 14.8 Å². The SMILES string of the molecule is COc1ccc([C@H]2CC(=O)C3=C(C2)NC(C)=C(C(=O)OCC(C)C)[C@@H]3c2ccc([N+](=O)[O-])cc2)cc1OC. The van der Waals surface area contributed by atoms with E-state index >= 15 is 0 Å². The third-order valence-corrected chi connectivity index (χ3v) is 6.91. The van der Waals surface area contributed by atoms with Crippen molar-refractivity contribution in [2.24, 2.45) is 5.92 Å². The molecular formula is C29H32N2O7. The van der Waals surface area contributed by atoms with E-state index in [9.17, 15) is 19.7 Å². The van der Waals surface area contributed by atoms with Crippen molar-refractivity contribution in [3.05, 3.63) is 86.2 Å². The van der Waals surface area contributed by atoms with Gasteiger partial charge in [0.05, 0.1) is 31.3 Å². The van der Waals surface area contributed by atoms with E-state index in [-0.39, 0.29) is 36.3 Å². The van der Waals surface area contributed by atoms with Gasteiger partial charge < -0.3 is 19.5 Å². The van der Waals surface area contributed by atoms with E-state index in [1.807, 2.05) is 32.0 Å². The zero-order chi connectivity index (χ0) is 27.6. The molecule has 0 bridgehead atoms. The highest BCUT2D eigenvalue weighted by Crippen LogP contribution is 2.46. The molecule has 0 fully saturated rings. The Labute approximate surface area is 221 Å². The highest BCUT2D eigenvalue weighted by atomic mass is 16.6. The molecular weight excluding hydrogens is 488 g/mol. The van der Waals surface area contributed by atoms with Gasteiger partial charge in [-0.05, 0) is 48.4 Å². The molecule has 9 nitrogen and oxygen atoms in total. The van der Waals surface area contributed by atoms with Crippen molar-refractivity contribution in [2.75, 3.05) is 20.8 Å². The second-order valence-electron chi connectivity index (χ2n) is 9.97. The predicted molar refractivity (Wildman–Crippen MR) is 141 cm³/mol. The van der Waals surface area contributed by atoms with Crippen molar-refractivity contribution in [1.82, 2.24) is 5.32 Å². The Kier molecular flexibility index (Phi) is 7.85. The quantitative estimate of drug-likeness (QED) is 0.288. The lowest BCUT2D eigenvalue weighted by atomic mass is 9.71. The number of Topliss-reactive ketones (excluding diaryl/α,β-unsaturated/α-hetero) is 1. The standard InChI is InChI=1S/C29H32N2O7/c1-16(2)15-38-29(33)26-17(3)30-22-12-20(19-8-11-24(36-4)25(14-19)37-5)13-23(32)28(22)27(26)18-6-9-21(10-7-18)31(34)35/h6-11,14,16,20,27,30H,12-13,15H2,1-5H3/t20-,27+/m1/s1. The first kappa shape index (κ1) is 26.9. The summed E-state index contributed by atoms with van der Waals surface area (Å²) in [6.45, 7) is 5.92. The third-order valence-electron chi connectivity index (χ3n) is 6.91. The van der Waals surface area contributed by atoms with Crippen molar-refractivity contribution >= 4 is 17.4 Å². The van der Waals surface area contributed by atoms with Crippen molar-refractivity contribution in [3.63, 3.8) is 0 Å². The maximum Gasteiger partial charge on any atom is 0.336 e. The predicted octanol–water partition coefficient (Wildman–Crippen LogP) is 5.17. The number of non-ortho nitro benzene ring substituents is 1. The molecule has 2 atom stereocenters. The van der Waals surface area contributed by atoms with E-state index in [0.717, 1.165) is 11.3 Å². The molecule has 4 rings (SSSR count). The molecule has 0 amide bonds. The maximum absolute atomic E-state index is 13.8. The van der Waals surface area contributed by atoms with Crippen LogP contribution in [0.15, 0.2) is 65.0 Å². The Bertz CT molecular complexity index is 1320. The number of carbonyl (C=O) groups excluding carboxylic acids is 2. The van der Waals surface area contributed by atoms with E-state index in [0.29, 0.717) is 40.3 Å². The van der Waals surface area contributed by atoms with Crippen LogP contribution in [0.3, 0.4) is 0 Å². The number of ketones is 1. The number of dihydropyridines is 1. The lowest BCUT2D eigenvalue weighted by Gasteiger charge is -2.36. The number of hydrogen-bond donors (Lipinski definition) is 1. The molecule has 0 saturated carbocycles. The molecule has 0 aromatic heterocycles. The second-order valence-corrected chi connectivity index (χ2v) is 9.97. The fraction of sp³-hybridized carbons (Fsp3) is 0.379. The molecule has 9 heteroatoms. The van der Waals surface area contributed by atoms with E-state index in [2.05, 4.69) is 5.32 Å². The molecule has 1 N–H and O–H groups in total. The van der Waals surface area contributed by atoms with Crippen LogP contribution in [0.25, 0.3) is 0 Å². The average molecular weight is 521 g/mol. The first-order chi connectivity index (χ1) is 18.1. The molecule has 0 saturated heterocycles. The molecule has 1 heterocycles. The summed E-state index contributed by atoms with van der Waals surface area (Å²) in [4.78, 5) is 37.8. The summed E-state index contributed by atoms with van der Waals surface area (Å²) in [6, 6.07) is 11.6. The largest absolute Gasteiger partial charge is 0.493 e. The number of nitrogens with zero attached hydrogens (tertiary/aromatic N) is 1. The summed E-state index contributed by atoms with van der Waals surface area (Å²) < 4.78 is 16.4. The first-order valence-corrected chi connectivity index (χ1v) is 12.5. The lowest BCUT2D eigenvalue weighted by molar-refractivity contribution is -0.384. The third kappa shape index (κ3) is 5.27. The summed E-state index contributed by atoms with van der Waals surface area (Å²) in [5.74, 6) is -0.0575. The van der Waals surface area contributed by atoms with Crippen LogP contribution in [0.2, 0.25) is 0 Å². The number of nitrogens with one attached hydrogen (secondary N) is 1. The van der Waals surface area contributed by atoms with E-state index < -0.39 is 16.8 Å². The highest BCUT2D eigenvalue weighted by Gasteiger charge is 2.41. The van der Waals surface area contributed by atoms with Gasteiger partial charge in [-0.25, -0.2) is 4.79 Å². The van der Waals surface area contributed by atoms with Crippen LogP contribution in [0.1, 0.15) is 56.6 Å². The molecule has 1 aliphatic heterocycles. The van der Waals surface area contributed by atoms with E-state index in [1.165, 1.54) is 12.1 Å². The number of ether oxygens (including phenoxy) is 3. The zero-order valence-electron chi connectivity index (χ0n) is 22.2. The minimum Gasteiger partial charge on any atom is -0.493 e. The van der Waals surface area contributed by atoms with Gasteiger partial charge >= 0.3 is 5.97 Å². The van der Waals surface area contributed by atoms with Gasteiger partial charge in [-0.15, -0.1) is 0 Å². The maximum atomic E-state index is 13.8.